The first-order valence-electron chi connectivity index (χ1n) is 6.52. The van der Waals surface area contributed by atoms with E-state index < -0.39 is 0 Å². The second-order valence-electron chi connectivity index (χ2n) is 4.81. The van der Waals surface area contributed by atoms with Crippen LogP contribution in [0.1, 0.15) is 29.2 Å². The normalized spacial score (nSPS) is 12.4. The number of rotatable bonds is 5. The van der Waals surface area contributed by atoms with E-state index in [1.54, 1.807) is 12.3 Å². The lowest BCUT2D eigenvalue weighted by Gasteiger charge is -2.16. The molecule has 0 fully saturated rings. The Hall–Kier alpha value is -1.74. The van der Waals surface area contributed by atoms with Crippen LogP contribution in [0.15, 0.2) is 42.7 Å². The standard InChI is InChI=1S/C16H19FN2/c1-12-4-3-5-13(8-12)6-7-16(18-2)14-9-15(17)11-19-10-14/h3-5,8-11,16,18H,6-7H2,1-2H3. The van der Waals surface area contributed by atoms with Gasteiger partial charge < -0.3 is 5.32 Å². The van der Waals surface area contributed by atoms with E-state index in [0.717, 1.165) is 18.4 Å². The minimum Gasteiger partial charge on any atom is -0.313 e. The molecule has 2 rings (SSSR count). The molecule has 0 amide bonds. The van der Waals surface area contributed by atoms with Gasteiger partial charge in [-0.3, -0.25) is 4.98 Å². The van der Waals surface area contributed by atoms with Crippen molar-refractivity contribution in [3.05, 3.63) is 65.2 Å². The molecule has 0 aliphatic carbocycles. The van der Waals surface area contributed by atoms with E-state index in [9.17, 15) is 4.39 Å². The van der Waals surface area contributed by atoms with Gasteiger partial charge in [0.1, 0.15) is 5.82 Å². The first kappa shape index (κ1) is 13.7. The van der Waals surface area contributed by atoms with E-state index >= 15 is 0 Å². The van der Waals surface area contributed by atoms with E-state index in [0.29, 0.717) is 0 Å². The van der Waals surface area contributed by atoms with Crippen molar-refractivity contribution < 1.29 is 4.39 Å². The summed E-state index contributed by atoms with van der Waals surface area (Å²) in [5.41, 5.74) is 3.48. The number of hydrogen-bond acceptors (Lipinski definition) is 2. The van der Waals surface area contributed by atoms with Crippen LogP contribution in [-0.4, -0.2) is 12.0 Å². The molecule has 1 aromatic heterocycles. The number of pyridine rings is 1. The summed E-state index contributed by atoms with van der Waals surface area (Å²) in [6, 6.07) is 10.2. The number of aryl methyl sites for hydroxylation is 2. The first-order chi connectivity index (χ1) is 9.19. The maximum atomic E-state index is 13.2. The zero-order valence-corrected chi connectivity index (χ0v) is 11.4. The van der Waals surface area contributed by atoms with Gasteiger partial charge in [-0.1, -0.05) is 29.8 Å². The number of halogens is 1. The topological polar surface area (TPSA) is 24.9 Å². The summed E-state index contributed by atoms with van der Waals surface area (Å²) in [7, 11) is 1.89. The molecule has 0 spiro atoms. The summed E-state index contributed by atoms with van der Waals surface area (Å²) in [4.78, 5) is 3.91. The molecule has 1 atom stereocenters. The van der Waals surface area contributed by atoms with Gasteiger partial charge >= 0.3 is 0 Å². The summed E-state index contributed by atoms with van der Waals surface area (Å²) in [5.74, 6) is -0.284. The lowest BCUT2D eigenvalue weighted by atomic mass is 9.99. The Morgan fingerprint density at radius 3 is 2.79 bits per heavy atom. The second-order valence-corrected chi connectivity index (χ2v) is 4.81. The second kappa shape index (κ2) is 6.43. The molecular weight excluding hydrogens is 239 g/mol. The molecule has 1 N–H and O–H groups in total. The predicted octanol–water partition coefficient (Wildman–Crippen LogP) is 3.42. The molecule has 1 unspecified atom stereocenters. The Labute approximate surface area is 113 Å². The third-order valence-electron chi connectivity index (χ3n) is 3.28. The molecule has 19 heavy (non-hydrogen) atoms. The summed E-state index contributed by atoms with van der Waals surface area (Å²) in [6.07, 6.45) is 4.84. The highest BCUT2D eigenvalue weighted by Crippen LogP contribution is 2.19. The van der Waals surface area contributed by atoms with Gasteiger partial charge in [0, 0.05) is 12.2 Å². The number of nitrogens with one attached hydrogen (secondary N) is 1. The fraction of sp³-hybridized carbons (Fsp3) is 0.312. The molecule has 2 aromatic rings. The van der Waals surface area contributed by atoms with Crippen molar-refractivity contribution in [2.24, 2.45) is 0 Å². The first-order valence-corrected chi connectivity index (χ1v) is 6.52. The SMILES string of the molecule is CNC(CCc1cccc(C)c1)c1cncc(F)c1. The fourth-order valence-electron chi connectivity index (χ4n) is 2.28. The quantitative estimate of drug-likeness (QED) is 0.888. The molecule has 0 saturated carbocycles. The maximum Gasteiger partial charge on any atom is 0.141 e. The highest BCUT2D eigenvalue weighted by molar-refractivity contribution is 5.23. The molecule has 0 aliphatic heterocycles. The smallest absolute Gasteiger partial charge is 0.141 e. The van der Waals surface area contributed by atoms with Crippen LogP contribution < -0.4 is 5.32 Å². The van der Waals surface area contributed by atoms with Crippen LogP contribution in [-0.2, 0) is 6.42 Å². The molecule has 1 heterocycles. The molecule has 0 bridgehead atoms. The molecule has 2 nitrogen and oxygen atoms in total. The molecule has 100 valence electrons. The van der Waals surface area contributed by atoms with Crippen molar-refractivity contribution in [3.63, 3.8) is 0 Å². The van der Waals surface area contributed by atoms with Crippen molar-refractivity contribution in [2.45, 2.75) is 25.8 Å². The third kappa shape index (κ3) is 3.86. The van der Waals surface area contributed by atoms with E-state index in [-0.39, 0.29) is 11.9 Å². The molecule has 0 radical (unpaired) electrons. The Balaban J connectivity index is 2.04. The van der Waals surface area contributed by atoms with E-state index in [4.69, 9.17) is 0 Å². The molecule has 3 heteroatoms. The monoisotopic (exact) mass is 258 g/mol. The van der Waals surface area contributed by atoms with Crippen molar-refractivity contribution >= 4 is 0 Å². The highest BCUT2D eigenvalue weighted by atomic mass is 19.1. The summed E-state index contributed by atoms with van der Waals surface area (Å²) >= 11 is 0. The number of benzene rings is 1. The van der Waals surface area contributed by atoms with Crippen molar-refractivity contribution in [1.82, 2.24) is 10.3 Å². The van der Waals surface area contributed by atoms with Gasteiger partial charge in [-0.05, 0) is 44.0 Å². The van der Waals surface area contributed by atoms with Crippen LogP contribution in [0.5, 0.6) is 0 Å². The van der Waals surface area contributed by atoms with Crippen molar-refractivity contribution in [1.29, 1.82) is 0 Å². The lowest BCUT2D eigenvalue weighted by Crippen LogP contribution is -2.17. The van der Waals surface area contributed by atoms with E-state index in [1.807, 2.05) is 7.05 Å². The minimum atomic E-state index is -0.284. The Bertz CT molecular complexity index is 540. The van der Waals surface area contributed by atoms with Crippen LogP contribution in [0, 0.1) is 12.7 Å². The van der Waals surface area contributed by atoms with Crippen LogP contribution in [0.25, 0.3) is 0 Å². The molecular formula is C16H19FN2. The predicted molar refractivity (Wildman–Crippen MR) is 75.5 cm³/mol. The van der Waals surface area contributed by atoms with Crippen LogP contribution in [0.2, 0.25) is 0 Å². The van der Waals surface area contributed by atoms with Gasteiger partial charge in [0.15, 0.2) is 0 Å². The molecule has 0 aliphatic rings. The fourth-order valence-corrected chi connectivity index (χ4v) is 2.28. The summed E-state index contributed by atoms with van der Waals surface area (Å²) < 4.78 is 13.2. The summed E-state index contributed by atoms with van der Waals surface area (Å²) in [5, 5.41) is 3.22. The number of aromatic nitrogens is 1. The Morgan fingerprint density at radius 2 is 2.11 bits per heavy atom. The Morgan fingerprint density at radius 1 is 1.26 bits per heavy atom. The lowest BCUT2D eigenvalue weighted by molar-refractivity contribution is 0.538. The largest absolute Gasteiger partial charge is 0.313 e. The van der Waals surface area contributed by atoms with Crippen molar-refractivity contribution in [2.75, 3.05) is 7.05 Å². The van der Waals surface area contributed by atoms with Gasteiger partial charge in [-0.25, -0.2) is 4.39 Å². The average molecular weight is 258 g/mol. The maximum absolute atomic E-state index is 13.2. The van der Waals surface area contributed by atoms with Crippen LogP contribution in [0.3, 0.4) is 0 Å². The average Bonchev–Trinajstić information content (AvgIpc) is 2.40. The Kier molecular flexibility index (Phi) is 4.63. The van der Waals surface area contributed by atoms with Crippen LogP contribution in [0.4, 0.5) is 4.39 Å². The highest BCUT2D eigenvalue weighted by Gasteiger charge is 2.10. The van der Waals surface area contributed by atoms with E-state index in [1.165, 1.54) is 17.3 Å². The van der Waals surface area contributed by atoms with Gasteiger partial charge in [0.2, 0.25) is 0 Å². The number of nitrogens with zero attached hydrogens (tertiary/aromatic N) is 1. The van der Waals surface area contributed by atoms with Gasteiger partial charge in [0.05, 0.1) is 6.20 Å². The third-order valence-corrected chi connectivity index (χ3v) is 3.28. The van der Waals surface area contributed by atoms with Gasteiger partial charge in [-0.15, -0.1) is 0 Å². The molecule has 1 aromatic carbocycles. The van der Waals surface area contributed by atoms with Crippen molar-refractivity contribution in [3.8, 4) is 0 Å². The molecule has 0 saturated heterocycles. The zero-order valence-electron chi connectivity index (χ0n) is 11.4. The van der Waals surface area contributed by atoms with Gasteiger partial charge in [0.25, 0.3) is 0 Å². The summed E-state index contributed by atoms with van der Waals surface area (Å²) in [6.45, 7) is 2.09. The van der Waals surface area contributed by atoms with Crippen LogP contribution >= 0.6 is 0 Å². The zero-order chi connectivity index (χ0) is 13.7. The minimum absolute atomic E-state index is 0.128. The van der Waals surface area contributed by atoms with Gasteiger partial charge in [-0.2, -0.15) is 0 Å². The number of hydrogen-bond donors (Lipinski definition) is 1. The van der Waals surface area contributed by atoms with E-state index in [2.05, 4.69) is 41.5 Å².